The molecule has 0 saturated heterocycles. The van der Waals surface area contributed by atoms with Crippen LogP contribution in [0.25, 0.3) is 0 Å². The molecule has 0 aliphatic rings. The highest BCUT2D eigenvalue weighted by atomic mass is 32.1. The van der Waals surface area contributed by atoms with Crippen molar-refractivity contribution in [2.24, 2.45) is 0 Å². The van der Waals surface area contributed by atoms with Crippen molar-refractivity contribution in [3.63, 3.8) is 0 Å². The van der Waals surface area contributed by atoms with Crippen molar-refractivity contribution in [3.05, 3.63) is 46.2 Å². The molecule has 0 atom stereocenters. The topological polar surface area (TPSA) is 62.2 Å². The summed E-state index contributed by atoms with van der Waals surface area (Å²) < 4.78 is 12.6. The number of thiophene rings is 1. The first-order valence-electron chi connectivity index (χ1n) is 5.28. The van der Waals surface area contributed by atoms with Gasteiger partial charge in [0.2, 0.25) is 5.95 Å². The van der Waals surface area contributed by atoms with Gasteiger partial charge in [-0.25, -0.2) is 4.98 Å². The summed E-state index contributed by atoms with van der Waals surface area (Å²) in [5.74, 6) is -1.35. The Labute approximate surface area is 107 Å². The van der Waals surface area contributed by atoms with Gasteiger partial charge in [-0.15, -0.1) is 11.3 Å². The molecule has 0 radical (unpaired) electrons. The van der Waals surface area contributed by atoms with Crippen LogP contribution < -0.4 is 5.32 Å². The van der Waals surface area contributed by atoms with E-state index in [0.717, 1.165) is 15.4 Å². The number of hydrogen-bond acceptors (Lipinski definition) is 4. The number of nitrogens with one attached hydrogen (secondary N) is 1. The summed E-state index contributed by atoms with van der Waals surface area (Å²) in [5.41, 5.74) is 0.726. The van der Waals surface area contributed by atoms with E-state index in [-0.39, 0.29) is 6.42 Å². The quantitative estimate of drug-likeness (QED) is 0.816. The second-order valence-corrected chi connectivity index (χ2v) is 4.91. The highest BCUT2D eigenvalue weighted by Crippen LogP contribution is 2.18. The lowest BCUT2D eigenvalue weighted by atomic mass is 10.3. The maximum absolute atomic E-state index is 12.6. The number of pyridine rings is 1. The fourth-order valence-electron chi connectivity index (χ4n) is 1.43. The van der Waals surface area contributed by atoms with Crippen molar-refractivity contribution >= 4 is 23.0 Å². The van der Waals surface area contributed by atoms with Gasteiger partial charge in [0.15, 0.2) is 0 Å². The normalized spacial score (nSPS) is 10.3. The summed E-state index contributed by atoms with van der Waals surface area (Å²) in [6.07, 6.45) is 1.46. The Morgan fingerprint density at radius 3 is 2.78 bits per heavy atom. The molecular formula is C12H11FN2O2S. The zero-order chi connectivity index (χ0) is 13.0. The number of halogens is 1. The van der Waals surface area contributed by atoms with Crippen LogP contribution in [0.5, 0.6) is 0 Å². The molecule has 0 amide bonds. The Morgan fingerprint density at radius 1 is 1.33 bits per heavy atom. The van der Waals surface area contributed by atoms with Crippen molar-refractivity contribution in [1.82, 2.24) is 4.98 Å². The lowest BCUT2D eigenvalue weighted by Crippen LogP contribution is -1.98. The Kier molecular flexibility index (Phi) is 3.88. The molecule has 0 saturated carbocycles. The van der Waals surface area contributed by atoms with Gasteiger partial charge in [0.25, 0.3) is 0 Å². The molecule has 0 unspecified atom stereocenters. The van der Waals surface area contributed by atoms with E-state index in [4.69, 9.17) is 5.11 Å². The van der Waals surface area contributed by atoms with E-state index < -0.39 is 11.9 Å². The summed E-state index contributed by atoms with van der Waals surface area (Å²) in [6, 6.07) is 6.58. The number of carboxylic acid groups (broad SMARTS) is 1. The highest BCUT2D eigenvalue weighted by molar-refractivity contribution is 7.12. The Morgan fingerprint density at radius 2 is 2.11 bits per heavy atom. The molecule has 2 aromatic rings. The van der Waals surface area contributed by atoms with Crippen molar-refractivity contribution in [3.8, 4) is 0 Å². The molecule has 0 aliphatic carbocycles. The average molecular weight is 266 g/mol. The minimum absolute atomic E-state index is 0.0444. The molecule has 2 heterocycles. The summed E-state index contributed by atoms with van der Waals surface area (Å²) >= 11 is 1.45. The molecular weight excluding hydrogens is 255 g/mol. The summed E-state index contributed by atoms with van der Waals surface area (Å²) in [7, 11) is 0. The molecule has 2 N–H and O–H groups in total. The van der Waals surface area contributed by atoms with Gasteiger partial charge in [0.1, 0.15) is 0 Å². The Hall–Kier alpha value is -1.95. The fourth-order valence-corrected chi connectivity index (χ4v) is 2.38. The van der Waals surface area contributed by atoms with E-state index in [1.807, 2.05) is 6.07 Å². The molecule has 2 aromatic heterocycles. The molecule has 0 fully saturated rings. The minimum Gasteiger partial charge on any atom is -0.481 e. The van der Waals surface area contributed by atoms with Crippen LogP contribution in [0.2, 0.25) is 0 Å². The van der Waals surface area contributed by atoms with E-state index in [1.54, 1.807) is 12.1 Å². The molecule has 6 heteroatoms. The SMILES string of the molecule is O=C(O)Cc1ccc(CNc2ccc(F)nc2)s1. The first kappa shape index (κ1) is 12.5. The maximum atomic E-state index is 12.6. The summed E-state index contributed by atoms with van der Waals surface area (Å²) in [4.78, 5) is 15.9. The maximum Gasteiger partial charge on any atom is 0.308 e. The van der Waals surface area contributed by atoms with Crippen LogP contribution >= 0.6 is 11.3 Å². The third kappa shape index (κ3) is 3.53. The van der Waals surface area contributed by atoms with Crippen molar-refractivity contribution in [1.29, 1.82) is 0 Å². The van der Waals surface area contributed by atoms with E-state index >= 15 is 0 Å². The van der Waals surface area contributed by atoms with Crippen LogP contribution in [-0.4, -0.2) is 16.1 Å². The zero-order valence-corrected chi connectivity index (χ0v) is 10.2. The number of aromatic nitrogens is 1. The van der Waals surface area contributed by atoms with E-state index in [2.05, 4.69) is 10.3 Å². The molecule has 18 heavy (non-hydrogen) atoms. The average Bonchev–Trinajstić information content (AvgIpc) is 2.75. The van der Waals surface area contributed by atoms with Gasteiger partial charge < -0.3 is 10.4 Å². The van der Waals surface area contributed by atoms with Crippen LogP contribution in [0.4, 0.5) is 10.1 Å². The number of rotatable bonds is 5. The largest absolute Gasteiger partial charge is 0.481 e. The van der Waals surface area contributed by atoms with Crippen LogP contribution in [0.3, 0.4) is 0 Å². The summed E-state index contributed by atoms with van der Waals surface area (Å²) in [6.45, 7) is 0.567. The smallest absolute Gasteiger partial charge is 0.308 e. The lowest BCUT2D eigenvalue weighted by Gasteiger charge is -2.03. The van der Waals surface area contributed by atoms with Gasteiger partial charge in [-0.05, 0) is 24.3 Å². The number of carbonyl (C=O) groups is 1. The first-order chi connectivity index (χ1) is 8.63. The van der Waals surface area contributed by atoms with Gasteiger partial charge in [-0.2, -0.15) is 4.39 Å². The third-order valence-corrected chi connectivity index (χ3v) is 3.32. The Bertz CT molecular complexity index is 539. The first-order valence-corrected chi connectivity index (χ1v) is 6.10. The predicted molar refractivity (Wildman–Crippen MR) is 67.2 cm³/mol. The molecule has 4 nitrogen and oxygen atoms in total. The van der Waals surface area contributed by atoms with Crippen LogP contribution in [-0.2, 0) is 17.8 Å². The van der Waals surface area contributed by atoms with Gasteiger partial charge in [-0.3, -0.25) is 4.79 Å². The summed E-state index contributed by atoms with van der Waals surface area (Å²) in [5, 5.41) is 11.7. The Balaban J connectivity index is 1.92. The van der Waals surface area contributed by atoms with E-state index in [9.17, 15) is 9.18 Å². The van der Waals surface area contributed by atoms with Crippen LogP contribution in [0, 0.1) is 5.95 Å². The zero-order valence-electron chi connectivity index (χ0n) is 9.39. The standard InChI is InChI=1S/C12H11FN2O2S/c13-11-4-1-8(6-15-11)14-7-10-3-2-9(18-10)5-12(16)17/h1-4,6,14H,5,7H2,(H,16,17). The number of hydrogen-bond donors (Lipinski definition) is 2. The van der Waals surface area contributed by atoms with Crippen molar-refractivity contribution < 1.29 is 14.3 Å². The number of aliphatic carboxylic acids is 1. The highest BCUT2D eigenvalue weighted by Gasteiger charge is 2.04. The van der Waals surface area contributed by atoms with Crippen LogP contribution in [0.1, 0.15) is 9.75 Å². The van der Waals surface area contributed by atoms with Gasteiger partial charge >= 0.3 is 5.97 Å². The molecule has 94 valence electrons. The van der Waals surface area contributed by atoms with E-state index in [0.29, 0.717) is 6.54 Å². The number of carboxylic acids is 1. The third-order valence-electron chi connectivity index (χ3n) is 2.24. The van der Waals surface area contributed by atoms with Crippen molar-refractivity contribution in [2.45, 2.75) is 13.0 Å². The molecule has 0 spiro atoms. The molecule has 0 bridgehead atoms. The second-order valence-electron chi connectivity index (χ2n) is 3.66. The minimum atomic E-state index is -0.834. The fraction of sp³-hybridized carbons (Fsp3) is 0.167. The van der Waals surface area contributed by atoms with Crippen molar-refractivity contribution in [2.75, 3.05) is 5.32 Å². The van der Waals surface area contributed by atoms with E-state index in [1.165, 1.54) is 23.6 Å². The lowest BCUT2D eigenvalue weighted by molar-refractivity contribution is -0.136. The van der Waals surface area contributed by atoms with Gasteiger partial charge in [-0.1, -0.05) is 0 Å². The number of nitrogens with zero attached hydrogens (tertiary/aromatic N) is 1. The van der Waals surface area contributed by atoms with Gasteiger partial charge in [0.05, 0.1) is 18.3 Å². The molecule has 0 aromatic carbocycles. The molecule has 2 rings (SSSR count). The van der Waals surface area contributed by atoms with Gasteiger partial charge in [0, 0.05) is 16.3 Å². The predicted octanol–water partition coefficient (Wildman–Crippen LogP) is 2.52. The number of anilines is 1. The molecule has 0 aliphatic heterocycles. The van der Waals surface area contributed by atoms with Crippen LogP contribution in [0.15, 0.2) is 30.5 Å². The monoisotopic (exact) mass is 266 g/mol. The second kappa shape index (κ2) is 5.59.